The Hall–Kier alpha value is -3.39. The maximum atomic E-state index is 13.2. The quantitative estimate of drug-likeness (QED) is 0.461. The van der Waals surface area contributed by atoms with E-state index in [-0.39, 0.29) is 5.78 Å². The fraction of sp³-hybridized carbons (Fsp3) is 0.0417. The Bertz CT molecular complexity index is 1030. The fourth-order valence-electron chi connectivity index (χ4n) is 3.16. The molecule has 0 saturated heterocycles. The highest BCUT2D eigenvalue weighted by Gasteiger charge is 2.21. The summed E-state index contributed by atoms with van der Waals surface area (Å²) in [6.07, 6.45) is 0. The van der Waals surface area contributed by atoms with Crippen LogP contribution in [0.5, 0.6) is 0 Å². The SMILES string of the molecule is O=C(c1ccccc1)[C@@H](Nc1ccc2ccccc2c1)c1ccccc1. The molecule has 0 radical (unpaired) electrons. The Morgan fingerprint density at radius 3 is 2.00 bits per heavy atom. The minimum Gasteiger partial charge on any atom is -0.371 e. The number of hydrogen-bond acceptors (Lipinski definition) is 2. The van der Waals surface area contributed by atoms with Gasteiger partial charge in [-0.2, -0.15) is 0 Å². The summed E-state index contributed by atoms with van der Waals surface area (Å²) in [4.78, 5) is 13.2. The average Bonchev–Trinajstić information content (AvgIpc) is 2.73. The molecular formula is C24H19NO. The Labute approximate surface area is 153 Å². The zero-order valence-electron chi connectivity index (χ0n) is 14.3. The summed E-state index contributed by atoms with van der Waals surface area (Å²) in [5.41, 5.74) is 2.59. The van der Waals surface area contributed by atoms with Crippen molar-refractivity contribution < 1.29 is 4.79 Å². The normalized spacial score (nSPS) is 11.8. The summed E-state index contributed by atoms with van der Waals surface area (Å²) in [5.74, 6) is 0.0601. The zero-order chi connectivity index (χ0) is 17.8. The van der Waals surface area contributed by atoms with Crippen LogP contribution in [0.25, 0.3) is 10.8 Å². The van der Waals surface area contributed by atoms with E-state index in [0.717, 1.165) is 16.6 Å². The molecule has 4 rings (SSSR count). The molecule has 0 aliphatic rings. The molecule has 0 spiro atoms. The van der Waals surface area contributed by atoms with Crippen molar-refractivity contribution in [2.24, 2.45) is 0 Å². The first-order valence-electron chi connectivity index (χ1n) is 8.71. The standard InChI is InChI=1S/C24H19NO/c26-24(20-12-5-2-6-13-20)23(19-10-3-1-4-11-19)25-22-16-15-18-9-7-8-14-21(18)17-22/h1-17,23,25H/t23-/m0/s1. The minimum absolute atomic E-state index is 0.0601. The van der Waals surface area contributed by atoms with Crippen LogP contribution in [0.15, 0.2) is 103 Å². The maximum Gasteiger partial charge on any atom is 0.189 e. The lowest BCUT2D eigenvalue weighted by Crippen LogP contribution is -2.21. The molecule has 0 bridgehead atoms. The van der Waals surface area contributed by atoms with E-state index in [4.69, 9.17) is 0 Å². The van der Waals surface area contributed by atoms with Gasteiger partial charge in [-0.05, 0) is 28.5 Å². The molecule has 0 amide bonds. The van der Waals surface area contributed by atoms with Crippen LogP contribution < -0.4 is 5.32 Å². The summed E-state index contributed by atoms with van der Waals surface area (Å²) in [7, 11) is 0. The van der Waals surface area contributed by atoms with Crippen LogP contribution in [0.3, 0.4) is 0 Å². The van der Waals surface area contributed by atoms with Gasteiger partial charge in [0.15, 0.2) is 5.78 Å². The number of carbonyl (C=O) groups excluding carboxylic acids is 1. The molecule has 0 heterocycles. The number of fused-ring (bicyclic) bond motifs is 1. The predicted octanol–water partition coefficient (Wildman–Crippen LogP) is 5.88. The molecular weight excluding hydrogens is 318 g/mol. The van der Waals surface area contributed by atoms with E-state index in [1.807, 2.05) is 78.9 Å². The van der Waals surface area contributed by atoms with Gasteiger partial charge in [-0.25, -0.2) is 0 Å². The van der Waals surface area contributed by atoms with E-state index in [1.54, 1.807) is 0 Å². The van der Waals surface area contributed by atoms with Gasteiger partial charge in [0.05, 0.1) is 0 Å². The molecule has 0 aliphatic carbocycles. The number of anilines is 1. The molecule has 0 fully saturated rings. The molecule has 0 aliphatic heterocycles. The summed E-state index contributed by atoms with van der Waals surface area (Å²) in [6, 6.07) is 33.3. The highest BCUT2D eigenvalue weighted by atomic mass is 16.1. The van der Waals surface area contributed by atoms with Gasteiger partial charge < -0.3 is 5.32 Å². The van der Waals surface area contributed by atoms with Crippen molar-refractivity contribution in [3.63, 3.8) is 0 Å². The van der Waals surface area contributed by atoms with Gasteiger partial charge in [0.2, 0.25) is 0 Å². The molecule has 2 heteroatoms. The van der Waals surface area contributed by atoms with Gasteiger partial charge in [0.1, 0.15) is 6.04 Å². The van der Waals surface area contributed by atoms with Crippen molar-refractivity contribution in [1.82, 2.24) is 0 Å². The predicted molar refractivity (Wildman–Crippen MR) is 108 cm³/mol. The van der Waals surface area contributed by atoms with Crippen molar-refractivity contribution in [2.75, 3.05) is 5.32 Å². The van der Waals surface area contributed by atoms with Gasteiger partial charge in [-0.1, -0.05) is 91.0 Å². The lowest BCUT2D eigenvalue weighted by molar-refractivity contribution is 0.0969. The Morgan fingerprint density at radius 2 is 1.27 bits per heavy atom. The average molecular weight is 337 g/mol. The first-order valence-corrected chi connectivity index (χ1v) is 8.71. The molecule has 4 aromatic carbocycles. The molecule has 0 saturated carbocycles. The van der Waals surface area contributed by atoms with Gasteiger partial charge in [0, 0.05) is 11.3 Å². The van der Waals surface area contributed by atoms with E-state index in [2.05, 4.69) is 29.6 Å². The Balaban J connectivity index is 1.71. The van der Waals surface area contributed by atoms with E-state index < -0.39 is 6.04 Å². The molecule has 0 unspecified atom stereocenters. The molecule has 0 aromatic heterocycles. The van der Waals surface area contributed by atoms with Crippen molar-refractivity contribution >= 4 is 22.2 Å². The number of rotatable bonds is 5. The topological polar surface area (TPSA) is 29.1 Å². The van der Waals surface area contributed by atoms with Crippen molar-refractivity contribution in [1.29, 1.82) is 0 Å². The summed E-state index contributed by atoms with van der Waals surface area (Å²) < 4.78 is 0. The van der Waals surface area contributed by atoms with E-state index in [9.17, 15) is 4.79 Å². The van der Waals surface area contributed by atoms with E-state index in [0.29, 0.717) is 5.56 Å². The number of nitrogens with one attached hydrogen (secondary N) is 1. The number of ketones is 1. The monoisotopic (exact) mass is 337 g/mol. The first kappa shape index (κ1) is 16.1. The Kier molecular flexibility index (Phi) is 4.48. The lowest BCUT2D eigenvalue weighted by atomic mass is 9.97. The molecule has 1 atom stereocenters. The van der Waals surface area contributed by atoms with Crippen molar-refractivity contribution in [3.8, 4) is 0 Å². The lowest BCUT2D eigenvalue weighted by Gasteiger charge is -2.20. The van der Waals surface area contributed by atoms with Crippen molar-refractivity contribution in [2.45, 2.75) is 6.04 Å². The minimum atomic E-state index is -0.431. The molecule has 2 nitrogen and oxygen atoms in total. The molecule has 1 N–H and O–H groups in total. The van der Waals surface area contributed by atoms with Gasteiger partial charge >= 0.3 is 0 Å². The highest BCUT2D eigenvalue weighted by molar-refractivity contribution is 6.02. The largest absolute Gasteiger partial charge is 0.371 e. The van der Waals surface area contributed by atoms with Crippen LogP contribution in [0, 0.1) is 0 Å². The van der Waals surface area contributed by atoms with Crippen LogP contribution in [0.1, 0.15) is 22.0 Å². The van der Waals surface area contributed by atoms with Crippen LogP contribution in [0.4, 0.5) is 5.69 Å². The molecule has 26 heavy (non-hydrogen) atoms. The molecule has 126 valence electrons. The number of hydrogen-bond donors (Lipinski definition) is 1. The third-order valence-electron chi connectivity index (χ3n) is 4.51. The van der Waals surface area contributed by atoms with Crippen LogP contribution >= 0.6 is 0 Å². The second-order valence-electron chi connectivity index (χ2n) is 6.28. The number of benzene rings is 4. The van der Waals surface area contributed by atoms with E-state index >= 15 is 0 Å². The van der Waals surface area contributed by atoms with Crippen LogP contribution in [-0.4, -0.2) is 5.78 Å². The van der Waals surface area contributed by atoms with Crippen molar-refractivity contribution in [3.05, 3.63) is 114 Å². The zero-order valence-corrected chi connectivity index (χ0v) is 14.3. The first-order chi connectivity index (χ1) is 12.8. The third kappa shape index (κ3) is 3.35. The Morgan fingerprint density at radius 1 is 0.654 bits per heavy atom. The maximum absolute atomic E-state index is 13.2. The number of carbonyl (C=O) groups is 1. The second-order valence-corrected chi connectivity index (χ2v) is 6.28. The number of Topliss-reactive ketones (excluding diaryl/α,β-unsaturated/α-hetero) is 1. The summed E-state index contributed by atoms with van der Waals surface area (Å²) >= 11 is 0. The summed E-state index contributed by atoms with van der Waals surface area (Å²) in [5, 5.41) is 5.77. The smallest absolute Gasteiger partial charge is 0.189 e. The van der Waals surface area contributed by atoms with Gasteiger partial charge in [-0.15, -0.1) is 0 Å². The summed E-state index contributed by atoms with van der Waals surface area (Å²) in [6.45, 7) is 0. The highest BCUT2D eigenvalue weighted by Crippen LogP contribution is 2.26. The third-order valence-corrected chi connectivity index (χ3v) is 4.51. The fourth-order valence-corrected chi connectivity index (χ4v) is 3.16. The van der Waals surface area contributed by atoms with E-state index in [1.165, 1.54) is 5.39 Å². The van der Waals surface area contributed by atoms with Crippen LogP contribution in [0.2, 0.25) is 0 Å². The van der Waals surface area contributed by atoms with Gasteiger partial charge in [0.25, 0.3) is 0 Å². The molecule has 4 aromatic rings. The second kappa shape index (κ2) is 7.24. The van der Waals surface area contributed by atoms with Gasteiger partial charge in [-0.3, -0.25) is 4.79 Å². The van der Waals surface area contributed by atoms with Crippen LogP contribution in [-0.2, 0) is 0 Å².